The first kappa shape index (κ1) is 14.8. The molecule has 24 heavy (non-hydrogen) atoms. The fourth-order valence-electron chi connectivity index (χ4n) is 2.52. The summed E-state index contributed by atoms with van der Waals surface area (Å²) in [4.78, 5) is 18.9. The number of imidazole rings is 1. The molecule has 0 saturated heterocycles. The molecule has 0 radical (unpaired) electrons. The summed E-state index contributed by atoms with van der Waals surface area (Å²) in [5.41, 5.74) is 2.80. The number of anilines is 1. The average molecular weight is 336 g/mol. The van der Waals surface area contributed by atoms with Crippen molar-refractivity contribution in [1.29, 1.82) is 0 Å². The van der Waals surface area contributed by atoms with Gasteiger partial charge >= 0.3 is 0 Å². The van der Waals surface area contributed by atoms with Crippen LogP contribution in [0.25, 0.3) is 16.3 Å². The number of pyridine rings is 1. The van der Waals surface area contributed by atoms with E-state index in [1.165, 1.54) is 0 Å². The molecule has 1 N–H and O–H groups in total. The van der Waals surface area contributed by atoms with Crippen LogP contribution >= 0.6 is 11.3 Å². The lowest BCUT2D eigenvalue weighted by atomic mass is 10.2. The lowest BCUT2D eigenvalue weighted by Crippen LogP contribution is -2.09. The minimum Gasteiger partial charge on any atom is -0.362 e. The van der Waals surface area contributed by atoms with Gasteiger partial charge in [-0.1, -0.05) is 0 Å². The Bertz CT molecular complexity index is 947. The Morgan fingerprint density at radius 2 is 2.17 bits per heavy atom. The average Bonchev–Trinajstić information content (AvgIpc) is 3.17. The van der Waals surface area contributed by atoms with Crippen molar-refractivity contribution in [2.75, 3.05) is 5.32 Å². The number of aromatic nitrogens is 5. The van der Waals surface area contributed by atoms with E-state index in [0.717, 1.165) is 27.7 Å². The largest absolute Gasteiger partial charge is 0.362 e. The summed E-state index contributed by atoms with van der Waals surface area (Å²) >= 11 is 1.63. The SMILES string of the molecule is Cc1cc(NC(C)c2cn3ccsc3n2)nc(-c2cccnc2)n1. The molecule has 1 atom stereocenters. The van der Waals surface area contributed by atoms with Gasteiger partial charge in [-0.25, -0.2) is 15.0 Å². The van der Waals surface area contributed by atoms with Crippen LogP contribution < -0.4 is 5.32 Å². The first-order valence-corrected chi connectivity index (χ1v) is 8.52. The van der Waals surface area contributed by atoms with Crippen LogP contribution in [-0.4, -0.2) is 24.3 Å². The number of hydrogen-bond donors (Lipinski definition) is 1. The lowest BCUT2D eigenvalue weighted by molar-refractivity contribution is 0.840. The molecule has 7 heteroatoms. The number of nitrogens with zero attached hydrogens (tertiary/aromatic N) is 5. The van der Waals surface area contributed by atoms with Crippen LogP contribution in [0.3, 0.4) is 0 Å². The highest BCUT2D eigenvalue weighted by molar-refractivity contribution is 7.15. The van der Waals surface area contributed by atoms with Gasteiger partial charge < -0.3 is 5.32 Å². The smallest absolute Gasteiger partial charge is 0.193 e. The van der Waals surface area contributed by atoms with Gasteiger partial charge in [0, 0.05) is 47.5 Å². The number of thiazole rings is 1. The van der Waals surface area contributed by atoms with Crippen molar-refractivity contribution in [3.05, 3.63) is 59.8 Å². The molecule has 0 amide bonds. The van der Waals surface area contributed by atoms with Crippen molar-refractivity contribution < 1.29 is 0 Å². The molecule has 0 bridgehead atoms. The lowest BCUT2D eigenvalue weighted by Gasteiger charge is -2.13. The van der Waals surface area contributed by atoms with Crippen LogP contribution in [0.15, 0.2) is 48.4 Å². The molecule has 4 aromatic rings. The highest BCUT2D eigenvalue weighted by atomic mass is 32.1. The molecule has 1 unspecified atom stereocenters. The summed E-state index contributed by atoms with van der Waals surface area (Å²) in [5.74, 6) is 1.45. The van der Waals surface area contributed by atoms with Gasteiger partial charge in [0.1, 0.15) is 5.82 Å². The zero-order valence-electron chi connectivity index (χ0n) is 13.3. The molecule has 4 heterocycles. The van der Waals surface area contributed by atoms with Crippen molar-refractivity contribution >= 4 is 22.1 Å². The van der Waals surface area contributed by atoms with Crippen LogP contribution in [0.4, 0.5) is 5.82 Å². The van der Waals surface area contributed by atoms with E-state index >= 15 is 0 Å². The van der Waals surface area contributed by atoms with Gasteiger partial charge in [0.15, 0.2) is 10.8 Å². The van der Waals surface area contributed by atoms with E-state index < -0.39 is 0 Å². The first-order valence-electron chi connectivity index (χ1n) is 7.64. The highest BCUT2D eigenvalue weighted by Gasteiger charge is 2.13. The third-order valence-electron chi connectivity index (χ3n) is 3.69. The zero-order chi connectivity index (χ0) is 16.5. The number of nitrogens with one attached hydrogen (secondary N) is 1. The molecule has 0 aliphatic heterocycles. The summed E-state index contributed by atoms with van der Waals surface area (Å²) in [6.07, 6.45) is 7.56. The predicted octanol–water partition coefficient (Wildman–Crippen LogP) is 3.73. The molecule has 0 spiro atoms. The van der Waals surface area contributed by atoms with Crippen molar-refractivity contribution in [2.24, 2.45) is 0 Å². The van der Waals surface area contributed by atoms with Crippen LogP contribution in [0.1, 0.15) is 24.4 Å². The van der Waals surface area contributed by atoms with E-state index in [1.807, 2.05) is 47.3 Å². The molecule has 120 valence electrons. The van der Waals surface area contributed by atoms with Gasteiger partial charge in [-0.2, -0.15) is 0 Å². The molecule has 0 saturated carbocycles. The summed E-state index contributed by atoms with van der Waals surface area (Å²) in [6, 6.07) is 5.83. The quantitative estimate of drug-likeness (QED) is 0.615. The van der Waals surface area contributed by atoms with Crippen molar-refractivity contribution in [3.8, 4) is 11.4 Å². The minimum absolute atomic E-state index is 0.0492. The summed E-state index contributed by atoms with van der Waals surface area (Å²) in [6.45, 7) is 4.04. The Morgan fingerprint density at radius 3 is 2.96 bits per heavy atom. The second-order valence-corrected chi connectivity index (χ2v) is 6.46. The number of aryl methyl sites for hydroxylation is 1. The Balaban J connectivity index is 1.62. The van der Waals surface area contributed by atoms with Gasteiger partial charge in [0.25, 0.3) is 0 Å². The Morgan fingerprint density at radius 1 is 1.25 bits per heavy atom. The topological polar surface area (TPSA) is 68.0 Å². The van der Waals surface area contributed by atoms with Crippen molar-refractivity contribution in [2.45, 2.75) is 19.9 Å². The van der Waals surface area contributed by atoms with Gasteiger partial charge in [0.2, 0.25) is 0 Å². The standard InChI is InChI=1S/C17H16N6S/c1-11-8-15(22-16(19-11)13-4-3-5-18-9-13)20-12(2)14-10-23-6-7-24-17(23)21-14/h3-10,12H,1-2H3,(H,19,20,22). The highest BCUT2D eigenvalue weighted by Crippen LogP contribution is 2.22. The fourth-order valence-corrected chi connectivity index (χ4v) is 3.22. The third kappa shape index (κ3) is 2.85. The Labute approximate surface area is 143 Å². The van der Waals surface area contributed by atoms with E-state index in [2.05, 4.69) is 32.2 Å². The molecule has 0 fully saturated rings. The molecule has 6 nitrogen and oxygen atoms in total. The normalized spacial score (nSPS) is 12.4. The van der Waals surface area contributed by atoms with E-state index in [9.17, 15) is 0 Å². The number of fused-ring (bicyclic) bond motifs is 1. The Hall–Kier alpha value is -2.80. The molecular weight excluding hydrogens is 320 g/mol. The van der Waals surface area contributed by atoms with E-state index in [-0.39, 0.29) is 6.04 Å². The molecule has 0 aliphatic rings. The van der Waals surface area contributed by atoms with E-state index in [4.69, 9.17) is 0 Å². The third-order valence-corrected chi connectivity index (χ3v) is 4.46. The molecular formula is C17H16N6S. The van der Waals surface area contributed by atoms with Gasteiger partial charge in [-0.05, 0) is 26.0 Å². The second-order valence-electron chi connectivity index (χ2n) is 5.58. The van der Waals surface area contributed by atoms with Gasteiger partial charge in [0.05, 0.1) is 11.7 Å². The second kappa shape index (κ2) is 6.01. The van der Waals surface area contributed by atoms with E-state index in [0.29, 0.717) is 5.82 Å². The molecule has 0 aliphatic carbocycles. The minimum atomic E-state index is 0.0492. The maximum atomic E-state index is 4.64. The zero-order valence-corrected chi connectivity index (χ0v) is 14.2. The van der Waals surface area contributed by atoms with Gasteiger partial charge in [-0.3, -0.25) is 9.38 Å². The first-order chi connectivity index (χ1) is 11.7. The maximum absolute atomic E-state index is 4.64. The Kier molecular flexibility index (Phi) is 3.70. The number of hydrogen-bond acceptors (Lipinski definition) is 6. The molecule has 4 rings (SSSR count). The van der Waals surface area contributed by atoms with Gasteiger partial charge in [-0.15, -0.1) is 11.3 Å². The maximum Gasteiger partial charge on any atom is 0.193 e. The predicted molar refractivity (Wildman–Crippen MR) is 95.1 cm³/mol. The molecule has 4 aromatic heterocycles. The number of rotatable bonds is 4. The van der Waals surface area contributed by atoms with Crippen molar-refractivity contribution in [3.63, 3.8) is 0 Å². The van der Waals surface area contributed by atoms with Crippen LogP contribution in [-0.2, 0) is 0 Å². The van der Waals surface area contributed by atoms with Crippen molar-refractivity contribution in [1.82, 2.24) is 24.3 Å². The van der Waals surface area contributed by atoms with Crippen LogP contribution in [0.2, 0.25) is 0 Å². The van der Waals surface area contributed by atoms with Crippen LogP contribution in [0, 0.1) is 6.92 Å². The summed E-state index contributed by atoms with van der Waals surface area (Å²) in [7, 11) is 0. The van der Waals surface area contributed by atoms with E-state index in [1.54, 1.807) is 23.7 Å². The monoisotopic (exact) mass is 336 g/mol. The fraction of sp³-hybridized carbons (Fsp3) is 0.176. The van der Waals surface area contributed by atoms with Crippen LogP contribution in [0.5, 0.6) is 0 Å². The summed E-state index contributed by atoms with van der Waals surface area (Å²) in [5, 5.41) is 5.44. The molecule has 0 aromatic carbocycles. The summed E-state index contributed by atoms with van der Waals surface area (Å²) < 4.78 is 2.03.